The highest BCUT2D eigenvalue weighted by Gasteiger charge is 2.32. The Morgan fingerprint density at radius 3 is 2.80 bits per heavy atom. The molecule has 0 radical (unpaired) electrons. The van der Waals surface area contributed by atoms with Gasteiger partial charge in [-0.3, -0.25) is 4.79 Å². The molecule has 1 heterocycles. The van der Waals surface area contributed by atoms with Crippen molar-refractivity contribution in [1.29, 1.82) is 5.26 Å². The Bertz CT molecular complexity index is 566. The summed E-state index contributed by atoms with van der Waals surface area (Å²) in [5.74, 6) is 0.281. The van der Waals surface area contributed by atoms with Crippen molar-refractivity contribution < 1.29 is 4.79 Å². The molecule has 0 saturated carbocycles. The minimum Gasteiger partial charge on any atom is -0.316 e. The average molecular weight is 311 g/mol. The Morgan fingerprint density at radius 2 is 2.25 bits per heavy atom. The molecule has 0 saturated heterocycles. The highest BCUT2D eigenvalue weighted by atomic mass is 35.5. The molecule has 1 aromatic heterocycles. The number of nitrogens with one attached hydrogen (secondary N) is 1. The second-order valence-electron chi connectivity index (χ2n) is 6.31. The molecule has 20 heavy (non-hydrogen) atoms. The molecule has 0 bridgehead atoms. The van der Waals surface area contributed by atoms with E-state index >= 15 is 0 Å². The predicted molar refractivity (Wildman–Crippen MR) is 83.4 cm³/mol. The van der Waals surface area contributed by atoms with Crippen molar-refractivity contribution in [3.8, 4) is 6.07 Å². The highest BCUT2D eigenvalue weighted by molar-refractivity contribution is 7.16. The second-order valence-corrected chi connectivity index (χ2v) is 7.68. The van der Waals surface area contributed by atoms with Gasteiger partial charge < -0.3 is 5.32 Å². The number of hydrogen-bond donors (Lipinski definition) is 1. The number of halogens is 1. The van der Waals surface area contributed by atoms with E-state index in [2.05, 4.69) is 32.2 Å². The third kappa shape index (κ3) is 2.99. The lowest BCUT2D eigenvalue weighted by molar-refractivity contribution is -0.113. The highest BCUT2D eigenvalue weighted by Crippen LogP contribution is 2.43. The fourth-order valence-corrected chi connectivity index (χ4v) is 4.05. The summed E-state index contributed by atoms with van der Waals surface area (Å²) in [7, 11) is 0. The number of hydrogen-bond acceptors (Lipinski definition) is 3. The van der Waals surface area contributed by atoms with Gasteiger partial charge in [0, 0.05) is 4.88 Å². The van der Waals surface area contributed by atoms with Gasteiger partial charge in [0.05, 0.1) is 5.56 Å². The monoisotopic (exact) mass is 310 g/mol. The molecule has 5 heteroatoms. The zero-order chi connectivity index (χ0) is 14.9. The van der Waals surface area contributed by atoms with Crippen LogP contribution in [0.25, 0.3) is 0 Å². The Kier molecular flexibility index (Phi) is 4.41. The van der Waals surface area contributed by atoms with Gasteiger partial charge in [0.1, 0.15) is 17.0 Å². The van der Waals surface area contributed by atoms with E-state index in [9.17, 15) is 10.1 Å². The van der Waals surface area contributed by atoms with Crippen LogP contribution < -0.4 is 5.32 Å². The van der Waals surface area contributed by atoms with Crippen molar-refractivity contribution in [3.63, 3.8) is 0 Å². The molecule has 0 aromatic carbocycles. The summed E-state index contributed by atoms with van der Waals surface area (Å²) in [5, 5.41) is 12.8. The van der Waals surface area contributed by atoms with Crippen LogP contribution in [0.1, 0.15) is 43.2 Å². The van der Waals surface area contributed by atoms with Gasteiger partial charge in [-0.05, 0) is 36.2 Å². The SMILES string of the molecule is CC(C)(C)[C@H]1CCc2c(sc(NC(=O)CCl)c2C#N)C1. The minimum atomic E-state index is -0.255. The van der Waals surface area contributed by atoms with Crippen LogP contribution in [0.4, 0.5) is 5.00 Å². The van der Waals surface area contributed by atoms with Crippen molar-refractivity contribution in [2.75, 3.05) is 11.2 Å². The lowest BCUT2D eigenvalue weighted by Gasteiger charge is -2.33. The molecule has 0 unspecified atom stereocenters. The summed E-state index contributed by atoms with van der Waals surface area (Å²) >= 11 is 7.05. The fraction of sp³-hybridized carbons (Fsp3) is 0.600. The molecule has 0 aliphatic heterocycles. The van der Waals surface area contributed by atoms with Gasteiger partial charge in [0.2, 0.25) is 5.91 Å². The number of amides is 1. The first kappa shape index (κ1) is 15.3. The predicted octanol–water partition coefficient (Wildman–Crippen LogP) is 3.95. The van der Waals surface area contributed by atoms with Gasteiger partial charge in [0.25, 0.3) is 0 Å². The van der Waals surface area contributed by atoms with Crippen molar-refractivity contribution in [2.45, 2.75) is 40.0 Å². The summed E-state index contributed by atoms with van der Waals surface area (Å²) in [6.45, 7) is 6.78. The van der Waals surface area contributed by atoms with Crippen molar-refractivity contribution in [1.82, 2.24) is 0 Å². The summed E-state index contributed by atoms with van der Waals surface area (Å²) < 4.78 is 0. The molecule has 1 N–H and O–H groups in total. The summed E-state index contributed by atoms with van der Waals surface area (Å²) in [5.41, 5.74) is 2.03. The summed E-state index contributed by atoms with van der Waals surface area (Å²) in [4.78, 5) is 12.7. The van der Waals surface area contributed by atoms with Gasteiger partial charge in [-0.2, -0.15) is 5.26 Å². The number of rotatable bonds is 2. The smallest absolute Gasteiger partial charge is 0.239 e. The Balaban J connectivity index is 2.31. The number of carbonyl (C=O) groups excluding carboxylic acids is 1. The average Bonchev–Trinajstić information content (AvgIpc) is 2.73. The molecular formula is C15H19ClN2OS. The van der Waals surface area contributed by atoms with Crippen LogP contribution in [0.15, 0.2) is 0 Å². The molecule has 2 rings (SSSR count). The van der Waals surface area contributed by atoms with Gasteiger partial charge >= 0.3 is 0 Å². The van der Waals surface area contributed by atoms with E-state index in [-0.39, 0.29) is 17.2 Å². The molecule has 1 amide bonds. The first-order valence-electron chi connectivity index (χ1n) is 6.77. The van der Waals surface area contributed by atoms with E-state index < -0.39 is 0 Å². The number of nitrogens with zero attached hydrogens (tertiary/aromatic N) is 1. The molecule has 108 valence electrons. The lowest BCUT2D eigenvalue weighted by Crippen LogP contribution is -2.26. The summed E-state index contributed by atoms with van der Waals surface area (Å²) in [6.07, 6.45) is 3.02. The molecular weight excluding hydrogens is 292 g/mol. The Labute approximate surface area is 128 Å². The number of nitriles is 1. The van der Waals surface area contributed by atoms with Crippen LogP contribution in [-0.2, 0) is 17.6 Å². The summed E-state index contributed by atoms with van der Waals surface area (Å²) in [6, 6.07) is 2.24. The van der Waals surface area contributed by atoms with Crippen molar-refractivity contribution in [2.24, 2.45) is 11.3 Å². The molecule has 3 nitrogen and oxygen atoms in total. The number of alkyl halides is 1. The Hall–Kier alpha value is -1.05. The molecule has 0 spiro atoms. The second kappa shape index (κ2) is 5.75. The van der Waals surface area contributed by atoms with Gasteiger partial charge in [-0.1, -0.05) is 20.8 Å². The van der Waals surface area contributed by atoms with E-state index in [1.165, 1.54) is 16.2 Å². The van der Waals surface area contributed by atoms with E-state index in [0.717, 1.165) is 24.8 Å². The van der Waals surface area contributed by atoms with Crippen LogP contribution in [0.2, 0.25) is 0 Å². The standard InChI is InChI=1S/C15H19ClN2OS/c1-15(2,3)9-4-5-10-11(8-17)14(18-13(19)7-16)20-12(10)6-9/h9H,4-7H2,1-3H3,(H,18,19)/t9-/m0/s1. The number of fused-ring (bicyclic) bond motifs is 1. The molecule has 0 fully saturated rings. The van der Waals surface area contributed by atoms with Crippen LogP contribution in [0, 0.1) is 22.7 Å². The zero-order valence-corrected chi connectivity index (χ0v) is 13.6. The maximum Gasteiger partial charge on any atom is 0.239 e. The first-order valence-corrected chi connectivity index (χ1v) is 8.12. The van der Waals surface area contributed by atoms with Crippen LogP contribution in [0.5, 0.6) is 0 Å². The number of anilines is 1. The van der Waals surface area contributed by atoms with E-state index in [4.69, 9.17) is 11.6 Å². The maximum absolute atomic E-state index is 11.4. The molecule has 1 aromatic rings. The lowest BCUT2D eigenvalue weighted by atomic mass is 9.72. The minimum absolute atomic E-state index is 0.0853. The first-order chi connectivity index (χ1) is 9.36. The quantitative estimate of drug-likeness (QED) is 0.841. The van der Waals surface area contributed by atoms with Crippen molar-refractivity contribution >= 4 is 33.8 Å². The van der Waals surface area contributed by atoms with Gasteiger partial charge in [-0.15, -0.1) is 22.9 Å². The van der Waals surface area contributed by atoms with E-state index in [1.54, 1.807) is 0 Å². The van der Waals surface area contributed by atoms with Crippen LogP contribution >= 0.6 is 22.9 Å². The third-order valence-electron chi connectivity index (χ3n) is 3.98. The zero-order valence-electron chi connectivity index (χ0n) is 12.0. The molecule has 1 aliphatic carbocycles. The van der Waals surface area contributed by atoms with Crippen LogP contribution in [-0.4, -0.2) is 11.8 Å². The number of carbonyl (C=O) groups is 1. The fourth-order valence-electron chi connectivity index (χ4n) is 2.69. The van der Waals surface area contributed by atoms with Gasteiger partial charge in [0.15, 0.2) is 0 Å². The largest absolute Gasteiger partial charge is 0.316 e. The number of thiophene rings is 1. The molecule has 1 aliphatic rings. The van der Waals surface area contributed by atoms with Crippen LogP contribution in [0.3, 0.4) is 0 Å². The molecule has 1 atom stereocenters. The maximum atomic E-state index is 11.4. The topological polar surface area (TPSA) is 52.9 Å². The normalized spacial score (nSPS) is 18.2. The van der Waals surface area contributed by atoms with E-state index in [1.807, 2.05) is 0 Å². The third-order valence-corrected chi connectivity index (χ3v) is 5.39. The van der Waals surface area contributed by atoms with Crippen molar-refractivity contribution in [3.05, 3.63) is 16.0 Å². The van der Waals surface area contributed by atoms with E-state index in [0.29, 0.717) is 16.5 Å². The Morgan fingerprint density at radius 1 is 1.55 bits per heavy atom. The van der Waals surface area contributed by atoms with Gasteiger partial charge in [-0.25, -0.2) is 0 Å².